The van der Waals surface area contributed by atoms with Crippen LogP contribution >= 0.6 is 10.9 Å². The van der Waals surface area contributed by atoms with Crippen LogP contribution in [0.25, 0.3) is 10.9 Å². The molecule has 0 saturated heterocycles. The molecule has 0 spiro atoms. The van der Waals surface area contributed by atoms with E-state index >= 15 is 0 Å². The number of nitrogens with one attached hydrogen (secondary N) is 6. The number of amides is 4. The number of carbonyl (C=O) groups is 5. The Kier molecular flexibility index (Phi) is 16.4. The topological polar surface area (TPSA) is 324 Å². The molecule has 22 nitrogen and oxygen atoms in total. The van der Waals surface area contributed by atoms with Crippen molar-refractivity contribution in [2.75, 3.05) is 44.4 Å². The Morgan fingerprint density at radius 3 is 2.34 bits per heavy atom. The molecule has 4 aromatic rings. The number of likely N-dealkylation sites (N-methyl/N-ethyl adjacent to an activating group) is 1. The molecule has 2 heterocycles. The number of fused-ring (bicyclic) bond motifs is 1. The van der Waals surface area contributed by atoms with Gasteiger partial charge in [-0.15, -0.1) is 0 Å². The standard InChI is InChI=1S/C37H49N9O13S2/c1-22-14-25(59-13-5-6-31(48)38-9-10-39-35(51)30(46(4)21-47)20-60(54,55)56)15-23(2)33(22)61(57,58)44-28(36(52)53)18-42-34(50)27-19-45(3)29-16-24(7-8-26(29)32(27)49)17-43-37-40-11-12-41-37/h7-8,11-12,14-16,19,21,28,30,44,54-56H,5-6,9-10,13,17-18,20H2,1-4H3,(H,38,48)(H,39,51)(H,42,50)(H,52,53)(H2,40,41,43)/t28-,30?/m0/s1. The van der Waals surface area contributed by atoms with Crippen molar-refractivity contribution in [3.05, 3.63) is 81.4 Å². The van der Waals surface area contributed by atoms with Crippen molar-refractivity contribution in [2.24, 2.45) is 7.05 Å². The summed E-state index contributed by atoms with van der Waals surface area (Å²) in [5, 5.41) is 20.6. The van der Waals surface area contributed by atoms with Crippen LogP contribution in [0.3, 0.4) is 0 Å². The van der Waals surface area contributed by atoms with Gasteiger partial charge < -0.3 is 59.2 Å². The number of rotatable bonds is 23. The van der Waals surface area contributed by atoms with Crippen LogP contribution in [0.1, 0.15) is 39.9 Å². The minimum Gasteiger partial charge on any atom is -0.494 e. The minimum absolute atomic E-state index is 0.00814. The number of aliphatic carboxylic acids is 1. The highest BCUT2D eigenvalue weighted by Crippen LogP contribution is 2.34. The first kappa shape index (κ1) is 47.6. The zero-order chi connectivity index (χ0) is 45.1. The molecule has 332 valence electrons. The minimum atomic E-state index is -4.48. The van der Waals surface area contributed by atoms with Gasteiger partial charge in [0.15, 0.2) is 5.95 Å². The summed E-state index contributed by atoms with van der Waals surface area (Å²) < 4.78 is 64.3. The van der Waals surface area contributed by atoms with Gasteiger partial charge in [-0.05, 0) is 61.2 Å². The SMILES string of the molecule is Cc1cc(OCCCC(=O)NCCNC(=O)C(CS(O)(O)O)N(C)C=O)cc(C)c1S(=O)(=O)N[C@@H](CNC(=O)c1cn(C)c2cc(CNc3ncc[nH]3)ccc2c1=O)C(=O)O. The number of imidazole rings is 1. The lowest BCUT2D eigenvalue weighted by atomic mass is 10.1. The number of sulfonamides is 1. The number of H-pyrrole nitrogens is 1. The van der Waals surface area contributed by atoms with Gasteiger partial charge in [-0.3, -0.25) is 28.8 Å². The van der Waals surface area contributed by atoms with Gasteiger partial charge in [-0.1, -0.05) is 6.07 Å². The quantitative estimate of drug-likeness (QED) is 0.0363. The number of pyridine rings is 1. The monoisotopic (exact) mass is 891 g/mol. The Morgan fingerprint density at radius 1 is 1.03 bits per heavy atom. The number of aromatic amines is 1. The molecule has 0 aliphatic carbocycles. The molecule has 4 rings (SSSR count). The second-order valence-electron chi connectivity index (χ2n) is 13.9. The van der Waals surface area contributed by atoms with Gasteiger partial charge in [0.05, 0.1) is 33.6 Å². The summed E-state index contributed by atoms with van der Waals surface area (Å²) in [5.41, 5.74) is 0.960. The fourth-order valence-electron chi connectivity index (χ4n) is 6.16. The number of hydrogen-bond donors (Lipinski definition) is 10. The van der Waals surface area contributed by atoms with Crippen LogP contribution in [0, 0.1) is 13.8 Å². The molecule has 61 heavy (non-hydrogen) atoms. The number of carboxylic acids is 1. The average molecular weight is 892 g/mol. The molecule has 2 atom stereocenters. The van der Waals surface area contributed by atoms with Crippen LogP contribution < -0.4 is 36.2 Å². The zero-order valence-corrected chi connectivity index (χ0v) is 35.3. The van der Waals surface area contributed by atoms with Crippen molar-refractivity contribution in [3.8, 4) is 5.75 Å². The lowest BCUT2D eigenvalue weighted by molar-refractivity contribution is -0.138. The number of anilines is 1. The molecule has 1 unspecified atom stereocenters. The fraction of sp³-hybridized carbons (Fsp3) is 0.378. The van der Waals surface area contributed by atoms with Crippen LogP contribution in [0.5, 0.6) is 5.75 Å². The van der Waals surface area contributed by atoms with Gasteiger partial charge in [0, 0.05) is 70.7 Å². The third-order valence-corrected chi connectivity index (χ3v) is 11.7. The number of carbonyl (C=O) groups excluding carboxylic acids is 4. The van der Waals surface area contributed by atoms with E-state index in [4.69, 9.17) is 4.74 Å². The van der Waals surface area contributed by atoms with Crippen molar-refractivity contribution in [1.82, 2.24) is 40.1 Å². The van der Waals surface area contributed by atoms with E-state index in [9.17, 15) is 55.9 Å². The summed E-state index contributed by atoms with van der Waals surface area (Å²) in [6, 6.07) is 4.79. The number of nitrogens with zero attached hydrogens (tertiary/aromatic N) is 3. The molecule has 2 aromatic heterocycles. The maximum absolute atomic E-state index is 13.5. The highest BCUT2D eigenvalue weighted by Gasteiger charge is 2.31. The van der Waals surface area contributed by atoms with Crippen LogP contribution in [-0.4, -0.2) is 128 Å². The Morgan fingerprint density at radius 2 is 1.72 bits per heavy atom. The van der Waals surface area contributed by atoms with Gasteiger partial charge >= 0.3 is 5.97 Å². The van der Waals surface area contributed by atoms with Gasteiger partial charge in [0.2, 0.25) is 33.7 Å². The smallest absolute Gasteiger partial charge is 0.323 e. The molecule has 2 aromatic carbocycles. The maximum Gasteiger partial charge on any atom is 0.323 e. The number of carboxylic acid groups (broad SMARTS) is 1. The molecular formula is C37H49N9O13S2. The summed E-state index contributed by atoms with van der Waals surface area (Å²) in [6.45, 7) is 2.71. The summed E-state index contributed by atoms with van der Waals surface area (Å²) in [4.78, 5) is 82.0. The third-order valence-electron chi connectivity index (χ3n) is 9.13. The predicted octanol–water partition coefficient (Wildman–Crippen LogP) is 0.724. The summed E-state index contributed by atoms with van der Waals surface area (Å²) in [6.07, 6.45) is 5.16. The van der Waals surface area contributed by atoms with Crippen LogP contribution in [0.15, 0.2) is 58.6 Å². The second-order valence-corrected chi connectivity index (χ2v) is 17.2. The van der Waals surface area contributed by atoms with Crippen molar-refractivity contribution in [1.29, 1.82) is 0 Å². The molecule has 0 saturated carbocycles. The van der Waals surface area contributed by atoms with Crippen molar-refractivity contribution < 1.29 is 55.9 Å². The van der Waals surface area contributed by atoms with E-state index in [1.807, 2.05) is 0 Å². The predicted molar refractivity (Wildman–Crippen MR) is 224 cm³/mol. The highest BCUT2D eigenvalue weighted by molar-refractivity contribution is 8.19. The van der Waals surface area contributed by atoms with Crippen molar-refractivity contribution >= 4 is 67.8 Å². The van der Waals surface area contributed by atoms with Gasteiger partial charge in [-0.2, -0.15) is 4.72 Å². The number of hydrogen-bond acceptors (Lipinski definition) is 14. The summed E-state index contributed by atoms with van der Waals surface area (Å²) in [5.74, 6) is -3.55. The third kappa shape index (κ3) is 13.5. The average Bonchev–Trinajstić information content (AvgIpc) is 3.72. The molecule has 4 amide bonds. The fourth-order valence-corrected chi connectivity index (χ4v) is 8.61. The van der Waals surface area contributed by atoms with Crippen LogP contribution in [-0.2, 0) is 42.8 Å². The molecule has 24 heteroatoms. The Balaban J connectivity index is 1.28. The van der Waals surface area contributed by atoms with E-state index in [-0.39, 0.29) is 77.6 Å². The van der Waals surface area contributed by atoms with Crippen molar-refractivity contribution in [3.63, 3.8) is 0 Å². The summed E-state index contributed by atoms with van der Waals surface area (Å²) >= 11 is 0. The van der Waals surface area contributed by atoms with E-state index in [2.05, 4.69) is 36.0 Å². The largest absolute Gasteiger partial charge is 0.494 e. The van der Waals surface area contributed by atoms with Crippen LogP contribution in [0.2, 0.25) is 0 Å². The Bertz CT molecular complexity index is 2380. The maximum atomic E-state index is 13.5. The first-order valence-electron chi connectivity index (χ1n) is 18.5. The van der Waals surface area contributed by atoms with E-state index in [1.165, 1.54) is 39.2 Å². The van der Waals surface area contributed by atoms with Gasteiger partial charge in [0.25, 0.3) is 5.91 Å². The van der Waals surface area contributed by atoms with Gasteiger partial charge in [0.1, 0.15) is 23.4 Å². The molecule has 0 fully saturated rings. The number of aromatic nitrogens is 3. The lowest BCUT2D eigenvalue weighted by Gasteiger charge is -2.29. The molecule has 0 aliphatic heterocycles. The van der Waals surface area contributed by atoms with E-state index in [0.29, 0.717) is 18.0 Å². The molecule has 10 N–H and O–H groups in total. The van der Waals surface area contributed by atoms with Gasteiger partial charge in [-0.25, -0.2) is 13.4 Å². The van der Waals surface area contributed by atoms with Crippen molar-refractivity contribution in [2.45, 2.75) is 50.2 Å². The number of aryl methyl sites for hydroxylation is 3. The van der Waals surface area contributed by atoms with E-state index < -0.39 is 68.5 Å². The first-order valence-corrected chi connectivity index (χ1v) is 21.7. The van der Waals surface area contributed by atoms with Crippen LogP contribution in [0.4, 0.5) is 5.95 Å². The highest BCUT2D eigenvalue weighted by atomic mass is 32.3. The Labute approximate surface area is 351 Å². The normalized spacial score (nSPS) is 12.8. The Hall–Kier alpha value is -6.05. The number of benzene rings is 2. The summed E-state index contributed by atoms with van der Waals surface area (Å²) in [7, 11) is -5.67. The molecule has 0 aliphatic rings. The molecular weight excluding hydrogens is 843 g/mol. The molecule has 0 bridgehead atoms. The lowest BCUT2D eigenvalue weighted by Crippen LogP contribution is -2.49. The number of ether oxygens (including phenoxy) is 1. The zero-order valence-electron chi connectivity index (χ0n) is 33.6. The first-order chi connectivity index (χ1) is 28.7. The van der Waals surface area contributed by atoms with E-state index in [1.54, 1.807) is 42.2 Å². The second kappa shape index (κ2) is 21.0. The molecule has 0 radical (unpaired) electrons. The van der Waals surface area contributed by atoms with E-state index in [0.717, 1.165) is 10.5 Å².